The van der Waals surface area contributed by atoms with E-state index in [1.54, 1.807) is 7.11 Å². The van der Waals surface area contributed by atoms with E-state index >= 15 is 0 Å². The highest BCUT2D eigenvalue weighted by molar-refractivity contribution is 7.80. The van der Waals surface area contributed by atoms with Gasteiger partial charge in [0.2, 0.25) is 0 Å². The van der Waals surface area contributed by atoms with Crippen LogP contribution in [0, 0.1) is 0 Å². The van der Waals surface area contributed by atoms with Gasteiger partial charge in [0.05, 0.1) is 7.11 Å². The van der Waals surface area contributed by atoms with Crippen LogP contribution in [0.5, 0.6) is 5.75 Å². The van der Waals surface area contributed by atoms with Crippen molar-refractivity contribution in [1.82, 2.24) is 0 Å². The van der Waals surface area contributed by atoms with E-state index in [2.05, 4.69) is 5.32 Å². The molecule has 0 aromatic heterocycles. The number of hydrogen-bond acceptors (Lipinski definition) is 3. The Morgan fingerprint density at radius 1 is 1.25 bits per heavy atom. The number of methoxy groups -OCH3 is 1. The minimum Gasteiger partial charge on any atom is -0.497 e. The number of hydrogen-bond donors (Lipinski definition) is 2. The summed E-state index contributed by atoms with van der Waals surface area (Å²) < 4.78 is 5.22. The molecule has 2 aromatic carbocycles. The van der Waals surface area contributed by atoms with E-state index < -0.39 is 0 Å². The number of benzene rings is 2. The molecule has 3 N–H and O–H groups in total. The number of anilines is 1. The van der Waals surface area contributed by atoms with E-state index in [-0.39, 0.29) is 0 Å². The van der Waals surface area contributed by atoms with Crippen molar-refractivity contribution in [3.05, 3.63) is 58.6 Å². The molecule has 0 bridgehead atoms. The molecule has 0 amide bonds. The molecule has 0 aliphatic carbocycles. The Morgan fingerprint density at radius 2 is 1.95 bits per heavy atom. The summed E-state index contributed by atoms with van der Waals surface area (Å²) in [5.74, 6) is 0.753. The first kappa shape index (κ1) is 14.6. The van der Waals surface area contributed by atoms with Crippen LogP contribution < -0.4 is 15.8 Å². The fourth-order valence-electron chi connectivity index (χ4n) is 1.81. The maximum absolute atomic E-state index is 5.86. The maximum Gasteiger partial charge on any atom is 0.120 e. The highest BCUT2D eigenvalue weighted by Gasteiger charge is 2.07. The number of nitrogens with two attached hydrogens (primary N) is 1. The minimum atomic E-state index is 0.353. The molecule has 0 fully saturated rings. The molecule has 20 heavy (non-hydrogen) atoms. The second-order valence-corrected chi connectivity index (χ2v) is 5.13. The van der Waals surface area contributed by atoms with Crippen molar-refractivity contribution in [2.24, 2.45) is 5.73 Å². The summed E-state index contributed by atoms with van der Waals surface area (Å²) in [6.07, 6.45) is 0. The lowest BCUT2D eigenvalue weighted by Gasteiger charge is -2.13. The van der Waals surface area contributed by atoms with Gasteiger partial charge in [-0.1, -0.05) is 36.0 Å². The van der Waals surface area contributed by atoms with E-state index in [1.165, 1.54) is 0 Å². The van der Waals surface area contributed by atoms with Crippen LogP contribution in [0.4, 0.5) is 5.69 Å². The number of halogens is 1. The summed E-state index contributed by atoms with van der Waals surface area (Å²) in [4.78, 5) is 0.353. The Balaban J connectivity index is 2.18. The molecule has 104 valence electrons. The average molecular weight is 307 g/mol. The van der Waals surface area contributed by atoms with Crippen molar-refractivity contribution < 1.29 is 4.74 Å². The van der Waals surface area contributed by atoms with Crippen LogP contribution in [0.25, 0.3) is 0 Å². The Kier molecular flexibility index (Phi) is 4.82. The first-order valence-electron chi connectivity index (χ1n) is 6.06. The lowest BCUT2D eigenvalue weighted by atomic mass is 10.1. The minimum absolute atomic E-state index is 0.353. The molecule has 0 saturated carbocycles. The van der Waals surface area contributed by atoms with Crippen LogP contribution in [-0.4, -0.2) is 12.1 Å². The molecule has 0 radical (unpaired) electrons. The standard InChI is InChI=1S/C15H15ClN2OS/c1-19-12-6-7-13(15(17)20)14(8-12)18-9-10-2-4-11(16)5-3-10/h2-8,18H,9H2,1H3,(H2,17,20). The Morgan fingerprint density at radius 3 is 2.55 bits per heavy atom. The normalized spacial score (nSPS) is 10.1. The van der Waals surface area contributed by atoms with Gasteiger partial charge in [0.25, 0.3) is 0 Å². The maximum atomic E-state index is 5.86. The molecule has 0 aliphatic rings. The van der Waals surface area contributed by atoms with Gasteiger partial charge < -0.3 is 15.8 Å². The Bertz CT molecular complexity index is 614. The molecule has 2 aromatic rings. The molecule has 0 spiro atoms. The average Bonchev–Trinajstić information content (AvgIpc) is 2.46. The zero-order valence-electron chi connectivity index (χ0n) is 11.0. The molecule has 3 nitrogen and oxygen atoms in total. The molecule has 0 atom stereocenters. The van der Waals surface area contributed by atoms with Gasteiger partial charge in [-0.05, 0) is 29.8 Å². The van der Waals surface area contributed by atoms with Crippen molar-refractivity contribution in [3.8, 4) is 5.75 Å². The lowest BCUT2D eigenvalue weighted by Crippen LogP contribution is -2.13. The predicted molar refractivity (Wildman–Crippen MR) is 87.7 cm³/mol. The molecule has 2 rings (SSSR count). The highest BCUT2D eigenvalue weighted by atomic mass is 35.5. The molecular weight excluding hydrogens is 292 g/mol. The third kappa shape index (κ3) is 3.62. The van der Waals surface area contributed by atoms with E-state index in [0.717, 1.165) is 27.6 Å². The summed E-state index contributed by atoms with van der Waals surface area (Å²) in [6, 6.07) is 13.2. The summed E-state index contributed by atoms with van der Waals surface area (Å²) >= 11 is 10.9. The van der Waals surface area contributed by atoms with Crippen LogP contribution in [-0.2, 0) is 6.54 Å². The largest absolute Gasteiger partial charge is 0.497 e. The van der Waals surface area contributed by atoms with E-state index in [1.807, 2.05) is 42.5 Å². The van der Waals surface area contributed by atoms with Gasteiger partial charge in [0.1, 0.15) is 10.7 Å². The van der Waals surface area contributed by atoms with Gasteiger partial charge in [0.15, 0.2) is 0 Å². The molecule has 0 heterocycles. The molecule has 0 aliphatic heterocycles. The SMILES string of the molecule is COc1ccc(C(N)=S)c(NCc2ccc(Cl)cc2)c1. The summed E-state index contributed by atoms with van der Waals surface area (Å²) in [5, 5.41) is 4.04. The van der Waals surface area contributed by atoms with Crippen LogP contribution in [0.3, 0.4) is 0 Å². The lowest BCUT2D eigenvalue weighted by molar-refractivity contribution is 0.415. The van der Waals surface area contributed by atoms with E-state index in [9.17, 15) is 0 Å². The monoisotopic (exact) mass is 306 g/mol. The third-order valence-corrected chi connectivity index (χ3v) is 3.36. The van der Waals surface area contributed by atoms with Crippen molar-refractivity contribution >= 4 is 34.5 Å². The van der Waals surface area contributed by atoms with Crippen LogP contribution in [0.15, 0.2) is 42.5 Å². The van der Waals surface area contributed by atoms with Crippen molar-refractivity contribution in [2.45, 2.75) is 6.54 Å². The Hall–Kier alpha value is -1.78. The number of nitrogens with one attached hydrogen (secondary N) is 1. The van der Waals surface area contributed by atoms with Crippen LogP contribution in [0.1, 0.15) is 11.1 Å². The van der Waals surface area contributed by atoms with Crippen LogP contribution in [0.2, 0.25) is 5.02 Å². The van der Waals surface area contributed by atoms with Gasteiger partial charge in [-0.15, -0.1) is 0 Å². The third-order valence-electron chi connectivity index (χ3n) is 2.89. The molecule has 0 saturated heterocycles. The van der Waals surface area contributed by atoms with Gasteiger partial charge in [-0.25, -0.2) is 0 Å². The van der Waals surface area contributed by atoms with Gasteiger partial charge in [0, 0.05) is 28.9 Å². The summed E-state index contributed by atoms with van der Waals surface area (Å²) in [7, 11) is 1.62. The van der Waals surface area contributed by atoms with E-state index in [0.29, 0.717) is 11.5 Å². The van der Waals surface area contributed by atoms with Crippen molar-refractivity contribution in [3.63, 3.8) is 0 Å². The predicted octanol–water partition coefficient (Wildman–Crippen LogP) is 3.59. The Labute approximate surface area is 128 Å². The zero-order chi connectivity index (χ0) is 14.5. The fourth-order valence-corrected chi connectivity index (χ4v) is 2.11. The second kappa shape index (κ2) is 6.59. The zero-order valence-corrected chi connectivity index (χ0v) is 12.6. The van der Waals surface area contributed by atoms with Gasteiger partial charge in [-0.3, -0.25) is 0 Å². The second-order valence-electron chi connectivity index (χ2n) is 4.26. The van der Waals surface area contributed by atoms with Gasteiger partial charge in [-0.2, -0.15) is 0 Å². The number of rotatable bonds is 5. The molecule has 5 heteroatoms. The number of thiocarbonyl (C=S) groups is 1. The molecule has 0 unspecified atom stereocenters. The summed E-state index contributed by atoms with van der Waals surface area (Å²) in [6.45, 7) is 0.653. The first-order valence-corrected chi connectivity index (χ1v) is 6.85. The molecular formula is C15H15ClN2OS. The van der Waals surface area contributed by atoms with Crippen molar-refractivity contribution in [2.75, 3.05) is 12.4 Å². The smallest absolute Gasteiger partial charge is 0.120 e. The van der Waals surface area contributed by atoms with Gasteiger partial charge >= 0.3 is 0 Å². The fraction of sp³-hybridized carbons (Fsp3) is 0.133. The topological polar surface area (TPSA) is 47.3 Å². The van der Waals surface area contributed by atoms with Crippen molar-refractivity contribution in [1.29, 1.82) is 0 Å². The number of ether oxygens (including phenoxy) is 1. The van der Waals surface area contributed by atoms with E-state index in [4.69, 9.17) is 34.3 Å². The first-order chi connectivity index (χ1) is 9.60. The highest BCUT2D eigenvalue weighted by Crippen LogP contribution is 2.23. The summed E-state index contributed by atoms with van der Waals surface area (Å²) in [5.41, 5.74) is 8.50. The quantitative estimate of drug-likeness (QED) is 0.829. The van der Waals surface area contributed by atoms with Crippen LogP contribution >= 0.6 is 23.8 Å².